The van der Waals surface area contributed by atoms with E-state index in [1.807, 2.05) is 6.92 Å². The second-order valence-electron chi connectivity index (χ2n) is 4.65. The normalized spacial score (nSPS) is 13.1. The lowest BCUT2D eigenvalue weighted by Crippen LogP contribution is -2.33. The van der Waals surface area contributed by atoms with E-state index in [0.717, 1.165) is 17.9 Å². The molecule has 0 aliphatic heterocycles. The van der Waals surface area contributed by atoms with Gasteiger partial charge in [0.05, 0.1) is 13.7 Å². The van der Waals surface area contributed by atoms with Crippen molar-refractivity contribution in [2.45, 2.75) is 37.8 Å². The molecule has 0 aromatic heterocycles. The smallest absolute Gasteiger partial charge is 0.244 e. The van der Waals surface area contributed by atoms with E-state index in [1.54, 1.807) is 17.8 Å². The lowest BCUT2D eigenvalue weighted by molar-refractivity contribution is 0.280. The van der Waals surface area contributed by atoms with Crippen LogP contribution in [0.2, 0.25) is 0 Å². The Morgan fingerprint density at radius 2 is 2.14 bits per heavy atom. The largest absolute Gasteiger partial charge is 0.495 e. The standard InChI is InChI=1S/C14H23NO4S2/c1-4-20-8-7-11(2)15-21(17,18)14-6-5-12(10-16)9-13(14)19-3/h5-6,9,11,15-16H,4,7-8,10H2,1-3H3. The molecule has 1 rings (SSSR count). The maximum atomic E-state index is 12.4. The number of methoxy groups -OCH3 is 1. The summed E-state index contributed by atoms with van der Waals surface area (Å²) in [7, 11) is -2.22. The molecule has 5 nitrogen and oxygen atoms in total. The van der Waals surface area contributed by atoms with E-state index in [0.29, 0.717) is 5.56 Å². The number of ether oxygens (including phenoxy) is 1. The van der Waals surface area contributed by atoms with Crippen molar-refractivity contribution >= 4 is 21.8 Å². The minimum absolute atomic E-state index is 0.0946. The highest BCUT2D eigenvalue weighted by molar-refractivity contribution is 7.99. The molecule has 1 unspecified atom stereocenters. The predicted octanol–water partition coefficient (Wildman–Crippen LogP) is 2.00. The molecule has 0 aliphatic carbocycles. The van der Waals surface area contributed by atoms with Crippen LogP contribution in [0.4, 0.5) is 0 Å². The number of thioether (sulfide) groups is 1. The number of aliphatic hydroxyl groups excluding tert-OH is 1. The van der Waals surface area contributed by atoms with Gasteiger partial charge in [0.15, 0.2) is 0 Å². The first-order valence-corrected chi connectivity index (χ1v) is 9.46. The number of rotatable bonds is 9. The van der Waals surface area contributed by atoms with E-state index in [1.165, 1.54) is 19.2 Å². The van der Waals surface area contributed by atoms with E-state index in [2.05, 4.69) is 11.6 Å². The third kappa shape index (κ3) is 5.50. The molecule has 0 saturated heterocycles. The molecule has 21 heavy (non-hydrogen) atoms. The molecule has 2 N–H and O–H groups in total. The highest BCUT2D eigenvalue weighted by atomic mass is 32.2. The number of aliphatic hydroxyl groups is 1. The molecule has 1 atom stereocenters. The lowest BCUT2D eigenvalue weighted by Gasteiger charge is -2.16. The number of sulfonamides is 1. The fourth-order valence-electron chi connectivity index (χ4n) is 1.82. The van der Waals surface area contributed by atoms with Crippen molar-refractivity contribution < 1.29 is 18.3 Å². The summed E-state index contributed by atoms with van der Waals surface area (Å²) in [5.74, 6) is 2.18. The van der Waals surface area contributed by atoms with Gasteiger partial charge in [-0.15, -0.1) is 0 Å². The zero-order valence-corrected chi connectivity index (χ0v) is 14.3. The van der Waals surface area contributed by atoms with Crippen molar-refractivity contribution in [1.82, 2.24) is 4.72 Å². The Morgan fingerprint density at radius 1 is 1.43 bits per heavy atom. The summed E-state index contributed by atoms with van der Waals surface area (Å²) in [4.78, 5) is 0.0946. The summed E-state index contributed by atoms with van der Waals surface area (Å²) in [6, 6.07) is 4.43. The van der Waals surface area contributed by atoms with Gasteiger partial charge in [-0.05, 0) is 42.5 Å². The summed E-state index contributed by atoms with van der Waals surface area (Å²) in [5, 5.41) is 9.09. The van der Waals surface area contributed by atoms with Crippen LogP contribution in [0.5, 0.6) is 5.75 Å². The highest BCUT2D eigenvalue weighted by Crippen LogP contribution is 2.25. The van der Waals surface area contributed by atoms with Gasteiger partial charge in [-0.2, -0.15) is 11.8 Å². The van der Waals surface area contributed by atoms with Gasteiger partial charge in [-0.3, -0.25) is 0 Å². The van der Waals surface area contributed by atoms with Crippen molar-refractivity contribution in [3.8, 4) is 5.75 Å². The second kappa shape index (κ2) is 8.63. The Balaban J connectivity index is 2.87. The molecular formula is C14H23NO4S2. The third-order valence-corrected chi connectivity index (χ3v) is 5.52. The molecule has 0 amide bonds. The fourth-order valence-corrected chi connectivity index (χ4v) is 4.06. The van der Waals surface area contributed by atoms with Gasteiger partial charge in [0.25, 0.3) is 0 Å². The van der Waals surface area contributed by atoms with Crippen LogP contribution in [0.1, 0.15) is 25.8 Å². The van der Waals surface area contributed by atoms with Gasteiger partial charge in [0, 0.05) is 6.04 Å². The summed E-state index contributed by atoms with van der Waals surface area (Å²) in [6.07, 6.45) is 0.773. The maximum Gasteiger partial charge on any atom is 0.244 e. The van der Waals surface area contributed by atoms with Gasteiger partial charge in [-0.1, -0.05) is 13.0 Å². The SMILES string of the molecule is CCSCCC(C)NS(=O)(=O)c1ccc(CO)cc1OC. The number of hydrogen-bond donors (Lipinski definition) is 2. The van der Waals surface area contributed by atoms with Crippen molar-refractivity contribution in [2.24, 2.45) is 0 Å². The van der Waals surface area contributed by atoms with Crippen molar-refractivity contribution in [2.75, 3.05) is 18.6 Å². The maximum absolute atomic E-state index is 12.4. The molecule has 1 aromatic carbocycles. The molecular weight excluding hydrogens is 310 g/mol. The molecule has 0 saturated carbocycles. The van der Waals surface area contributed by atoms with Crippen LogP contribution >= 0.6 is 11.8 Å². The van der Waals surface area contributed by atoms with E-state index in [9.17, 15) is 8.42 Å². The molecule has 7 heteroatoms. The van der Waals surface area contributed by atoms with Gasteiger partial charge >= 0.3 is 0 Å². The highest BCUT2D eigenvalue weighted by Gasteiger charge is 2.21. The van der Waals surface area contributed by atoms with Crippen LogP contribution < -0.4 is 9.46 Å². The monoisotopic (exact) mass is 333 g/mol. The Hall–Kier alpha value is -0.760. The average molecular weight is 333 g/mol. The topological polar surface area (TPSA) is 75.6 Å². The minimum Gasteiger partial charge on any atom is -0.495 e. The fraction of sp³-hybridized carbons (Fsp3) is 0.571. The Bertz CT molecular complexity index is 546. The summed E-state index contributed by atoms with van der Waals surface area (Å²) < 4.78 is 32.6. The van der Waals surface area contributed by atoms with Crippen LogP contribution in [0.15, 0.2) is 23.1 Å². The first-order chi connectivity index (χ1) is 9.94. The van der Waals surface area contributed by atoms with Crippen LogP contribution in [0, 0.1) is 0 Å². The van der Waals surface area contributed by atoms with Crippen LogP contribution in [-0.2, 0) is 16.6 Å². The van der Waals surface area contributed by atoms with Crippen molar-refractivity contribution in [3.63, 3.8) is 0 Å². The molecule has 0 aliphatic rings. The van der Waals surface area contributed by atoms with Crippen LogP contribution in [-0.4, -0.2) is 38.2 Å². The summed E-state index contributed by atoms with van der Waals surface area (Å²) >= 11 is 1.78. The molecule has 0 radical (unpaired) electrons. The van der Waals surface area contributed by atoms with Gasteiger partial charge in [0.1, 0.15) is 10.6 Å². The van der Waals surface area contributed by atoms with Crippen molar-refractivity contribution in [3.05, 3.63) is 23.8 Å². The predicted molar refractivity (Wildman–Crippen MR) is 86.3 cm³/mol. The quantitative estimate of drug-likeness (QED) is 0.676. The third-order valence-electron chi connectivity index (χ3n) is 2.96. The Morgan fingerprint density at radius 3 is 2.71 bits per heavy atom. The number of benzene rings is 1. The zero-order chi connectivity index (χ0) is 15.9. The Kier molecular flexibility index (Phi) is 7.51. The molecule has 120 valence electrons. The number of hydrogen-bond acceptors (Lipinski definition) is 5. The molecule has 0 bridgehead atoms. The van der Waals surface area contributed by atoms with Gasteiger partial charge in [0.2, 0.25) is 10.0 Å². The molecule has 1 aromatic rings. The number of nitrogens with one attached hydrogen (secondary N) is 1. The van der Waals surface area contributed by atoms with Crippen LogP contribution in [0.25, 0.3) is 0 Å². The van der Waals surface area contributed by atoms with E-state index in [-0.39, 0.29) is 23.3 Å². The molecule has 0 heterocycles. The first kappa shape index (κ1) is 18.3. The van der Waals surface area contributed by atoms with Gasteiger partial charge < -0.3 is 9.84 Å². The zero-order valence-electron chi connectivity index (χ0n) is 12.6. The first-order valence-electron chi connectivity index (χ1n) is 6.82. The van der Waals surface area contributed by atoms with Crippen molar-refractivity contribution in [1.29, 1.82) is 0 Å². The van der Waals surface area contributed by atoms with E-state index < -0.39 is 10.0 Å². The van der Waals surface area contributed by atoms with Crippen LogP contribution in [0.3, 0.4) is 0 Å². The lowest BCUT2D eigenvalue weighted by atomic mass is 10.2. The summed E-state index contributed by atoms with van der Waals surface area (Å²) in [5.41, 5.74) is 0.609. The minimum atomic E-state index is -3.63. The second-order valence-corrected chi connectivity index (χ2v) is 7.73. The van der Waals surface area contributed by atoms with E-state index >= 15 is 0 Å². The Labute approximate surface area is 131 Å². The molecule has 0 fully saturated rings. The van der Waals surface area contributed by atoms with Gasteiger partial charge in [-0.25, -0.2) is 13.1 Å². The molecule has 0 spiro atoms. The van der Waals surface area contributed by atoms with E-state index in [4.69, 9.17) is 9.84 Å². The average Bonchev–Trinajstić information content (AvgIpc) is 2.46. The summed E-state index contributed by atoms with van der Waals surface area (Å²) in [6.45, 7) is 3.77.